The first-order valence-corrected chi connectivity index (χ1v) is 4.35. The van der Waals surface area contributed by atoms with Gasteiger partial charge in [-0.15, -0.1) is 0 Å². The first-order chi connectivity index (χ1) is 7.50. The van der Waals surface area contributed by atoms with Gasteiger partial charge in [0, 0.05) is 10.9 Å². The van der Waals surface area contributed by atoms with Gasteiger partial charge in [0.25, 0.3) is 5.56 Å². The molecule has 0 fully saturated rings. The Morgan fingerprint density at radius 3 is 2.75 bits per heavy atom. The van der Waals surface area contributed by atoms with Gasteiger partial charge in [0.2, 0.25) is 0 Å². The van der Waals surface area contributed by atoms with Gasteiger partial charge in [-0.3, -0.25) is 4.79 Å². The summed E-state index contributed by atoms with van der Waals surface area (Å²) in [7, 11) is 0. The summed E-state index contributed by atoms with van der Waals surface area (Å²) in [5.74, 6) is -1.96. The molecule has 0 amide bonds. The standard InChI is InChI=1S/C10H7FN2O3/c11-4-1-2-6-5(3-4)7(10(15)16)8(12)9(14)13-6/h1-3H,12H2,(H,13,14)(H,15,16). The van der Waals surface area contributed by atoms with E-state index in [1.165, 1.54) is 6.07 Å². The van der Waals surface area contributed by atoms with E-state index in [9.17, 15) is 14.0 Å². The third-order valence-electron chi connectivity index (χ3n) is 2.23. The van der Waals surface area contributed by atoms with Gasteiger partial charge in [-0.25, -0.2) is 9.18 Å². The van der Waals surface area contributed by atoms with Gasteiger partial charge in [0.1, 0.15) is 11.5 Å². The zero-order valence-electron chi connectivity index (χ0n) is 7.95. The Morgan fingerprint density at radius 2 is 2.12 bits per heavy atom. The number of aromatic carboxylic acids is 1. The van der Waals surface area contributed by atoms with Crippen molar-refractivity contribution in [1.82, 2.24) is 4.98 Å². The molecular formula is C10H7FN2O3. The number of halogens is 1. The summed E-state index contributed by atoms with van der Waals surface area (Å²) in [5, 5.41) is 9.00. The largest absolute Gasteiger partial charge is 0.478 e. The Labute approximate surface area is 88.3 Å². The average Bonchev–Trinajstić information content (AvgIpc) is 2.20. The maximum Gasteiger partial charge on any atom is 0.338 e. The number of aromatic nitrogens is 1. The van der Waals surface area contributed by atoms with E-state index in [1.54, 1.807) is 0 Å². The average molecular weight is 222 g/mol. The highest BCUT2D eigenvalue weighted by Gasteiger charge is 2.16. The van der Waals surface area contributed by atoms with E-state index in [0.717, 1.165) is 12.1 Å². The first-order valence-electron chi connectivity index (χ1n) is 4.35. The maximum absolute atomic E-state index is 13.0. The fourth-order valence-electron chi connectivity index (χ4n) is 1.51. The van der Waals surface area contributed by atoms with Gasteiger partial charge in [-0.05, 0) is 18.2 Å². The van der Waals surface area contributed by atoms with Crippen LogP contribution in [0.4, 0.5) is 10.1 Å². The second kappa shape index (κ2) is 3.34. The van der Waals surface area contributed by atoms with Gasteiger partial charge in [0.15, 0.2) is 0 Å². The fraction of sp³-hybridized carbons (Fsp3) is 0. The molecule has 0 saturated heterocycles. The number of hydrogen-bond acceptors (Lipinski definition) is 3. The second-order valence-electron chi connectivity index (χ2n) is 3.24. The smallest absolute Gasteiger partial charge is 0.338 e. The van der Waals surface area contributed by atoms with Crippen molar-refractivity contribution in [2.24, 2.45) is 0 Å². The van der Waals surface area contributed by atoms with Crippen molar-refractivity contribution in [2.45, 2.75) is 0 Å². The topological polar surface area (TPSA) is 96.2 Å². The number of aromatic amines is 1. The zero-order chi connectivity index (χ0) is 11.9. The number of anilines is 1. The maximum atomic E-state index is 13.0. The number of hydrogen-bond donors (Lipinski definition) is 3. The van der Waals surface area contributed by atoms with Crippen LogP contribution in [0.15, 0.2) is 23.0 Å². The van der Waals surface area contributed by atoms with E-state index in [0.29, 0.717) is 0 Å². The summed E-state index contributed by atoms with van der Waals surface area (Å²) in [5.41, 5.74) is 4.09. The lowest BCUT2D eigenvalue weighted by Gasteiger charge is -2.05. The lowest BCUT2D eigenvalue weighted by molar-refractivity contribution is 0.0700. The lowest BCUT2D eigenvalue weighted by Crippen LogP contribution is -2.17. The van der Waals surface area contributed by atoms with Crippen LogP contribution >= 0.6 is 0 Å². The van der Waals surface area contributed by atoms with E-state index < -0.39 is 23.0 Å². The molecule has 0 aliphatic heterocycles. The highest BCUT2D eigenvalue weighted by molar-refractivity contribution is 6.06. The summed E-state index contributed by atoms with van der Waals surface area (Å²) in [6, 6.07) is 3.43. The van der Waals surface area contributed by atoms with Gasteiger partial charge in [0.05, 0.1) is 5.56 Å². The monoisotopic (exact) mass is 222 g/mol. The van der Waals surface area contributed by atoms with Crippen LogP contribution in [-0.2, 0) is 0 Å². The molecule has 4 N–H and O–H groups in total. The molecule has 0 bridgehead atoms. The molecule has 6 heteroatoms. The molecule has 1 aromatic carbocycles. The normalized spacial score (nSPS) is 10.6. The molecule has 0 unspecified atom stereocenters. The van der Waals surface area contributed by atoms with Crippen molar-refractivity contribution < 1.29 is 14.3 Å². The lowest BCUT2D eigenvalue weighted by atomic mass is 10.1. The van der Waals surface area contributed by atoms with Crippen molar-refractivity contribution in [3.05, 3.63) is 39.9 Å². The molecule has 1 heterocycles. The third-order valence-corrected chi connectivity index (χ3v) is 2.23. The summed E-state index contributed by atoms with van der Waals surface area (Å²) in [4.78, 5) is 24.6. The number of benzene rings is 1. The second-order valence-corrected chi connectivity index (χ2v) is 3.24. The number of fused-ring (bicyclic) bond motifs is 1. The molecule has 0 aliphatic rings. The molecule has 5 nitrogen and oxygen atoms in total. The molecule has 0 saturated carbocycles. The quantitative estimate of drug-likeness (QED) is 0.669. The van der Waals surface area contributed by atoms with Crippen molar-refractivity contribution in [3.8, 4) is 0 Å². The molecule has 0 radical (unpaired) electrons. The van der Waals surface area contributed by atoms with Gasteiger partial charge in [-0.1, -0.05) is 0 Å². The minimum atomic E-state index is -1.36. The van der Waals surface area contributed by atoms with E-state index in [4.69, 9.17) is 10.8 Å². The Balaban J connectivity index is 3.02. The van der Waals surface area contributed by atoms with Crippen molar-refractivity contribution in [3.63, 3.8) is 0 Å². The number of carboxylic acid groups (broad SMARTS) is 1. The van der Waals surface area contributed by atoms with Crippen LogP contribution in [0.25, 0.3) is 10.9 Å². The Hall–Kier alpha value is -2.37. The molecule has 1 aromatic heterocycles. The molecule has 2 rings (SSSR count). The van der Waals surface area contributed by atoms with Crippen LogP contribution in [0, 0.1) is 5.82 Å². The van der Waals surface area contributed by atoms with Crippen molar-refractivity contribution in [2.75, 3.05) is 5.73 Å². The highest BCUT2D eigenvalue weighted by Crippen LogP contribution is 2.20. The Kier molecular flexibility index (Phi) is 2.12. The number of pyridine rings is 1. The van der Waals surface area contributed by atoms with Crippen LogP contribution in [-0.4, -0.2) is 16.1 Å². The molecule has 0 spiro atoms. The van der Waals surface area contributed by atoms with Gasteiger partial charge in [-0.2, -0.15) is 0 Å². The van der Waals surface area contributed by atoms with Crippen LogP contribution in [0.1, 0.15) is 10.4 Å². The third kappa shape index (κ3) is 1.40. The Bertz CT molecular complexity index is 648. The predicted octanol–water partition coefficient (Wildman–Crippen LogP) is 0.948. The number of nitrogen functional groups attached to an aromatic ring is 1. The highest BCUT2D eigenvalue weighted by atomic mass is 19.1. The summed E-state index contributed by atoms with van der Waals surface area (Å²) in [6.45, 7) is 0. The first kappa shape index (κ1) is 10.2. The van der Waals surface area contributed by atoms with E-state index in [2.05, 4.69) is 4.98 Å². The number of rotatable bonds is 1. The van der Waals surface area contributed by atoms with Crippen molar-refractivity contribution >= 4 is 22.6 Å². The number of nitrogens with two attached hydrogens (primary N) is 1. The molecule has 0 aliphatic carbocycles. The van der Waals surface area contributed by atoms with Crippen LogP contribution < -0.4 is 11.3 Å². The molecule has 0 atom stereocenters. The van der Waals surface area contributed by atoms with Crippen LogP contribution in [0.5, 0.6) is 0 Å². The molecule has 2 aromatic rings. The predicted molar refractivity (Wildman–Crippen MR) is 55.9 cm³/mol. The number of carboxylic acids is 1. The molecule has 16 heavy (non-hydrogen) atoms. The van der Waals surface area contributed by atoms with E-state index >= 15 is 0 Å². The number of nitrogens with one attached hydrogen (secondary N) is 1. The van der Waals surface area contributed by atoms with Gasteiger partial charge >= 0.3 is 5.97 Å². The van der Waals surface area contributed by atoms with E-state index in [1.807, 2.05) is 0 Å². The zero-order valence-corrected chi connectivity index (χ0v) is 7.95. The summed E-state index contributed by atoms with van der Waals surface area (Å²) >= 11 is 0. The van der Waals surface area contributed by atoms with E-state index in [-0.39, 0.29) is 16.5 Å². The van der Waals surface area contributed by atoms with Crippen LogP contribution in [0.2, 0.25) is 0 Å². The van der Waals surface area contributed by atoms with Crippen molar-refractivity contribution in [1.29, 1.82) is 0 Å². The summed E-state index contributed by atoms with van der Waals surface area (Å²) in [6.07, 6.45) is 0. The SMILES string of the molecule is Nc1c(C(=O)O)c2cc(F)ccc2[nH]c1=O. The molecule has 82 valence electrons. The fourth-order valence-corrected chi connectivity index (χ4v) is 1.51. The minimum Gasteiger partial charge on any atom is -0.478 e. The summed E-state index contributed by atoms with van der Waals surface area (Å²) < 4.78 is 13.0. The van der Waals surface area contributed by atoms with Crippen LogP contribution in [0.3, 0.4) is 0 Å². The molecular weight excluding hydrogens is 215 g/mol. The number of H-pyrrole nitrogens is 1. The number of carbonyl (C=O) groups is 1. The van der Waals surface area contributed by atoms with Gasteiger partial charge < -0.3 is 15.8 Å². The Morgan fingerprint density at radius 1 is 1.44 bits per heavy atom. The minimum absolute atomic E-state index is 0.0737.